The summed E-state index contributed by atoms with van der Waals surface area (Å²) < 4.78 is 39.3. The average Bonchev–Trinajstić information content (AvgIpc) is 3.19. The van der Waals surface area contributed by atoms with Crippen LogP contribution in [0.5, 0.6) is 0 Å². The standard InChI is InChI=1S/C19H25F3N4O2/c20-19(21,22)14-3-4-16(25-7-1-2-8-25)15(11-14)24-12-17(27)26-9-5-13(6-10-26)18(23)28/h3-4,11,13,24H,1-2,5-10,12H2,(H2,23,28). The van der Waals surface area contributed by atoms with Gasteiger partial charge in [-0.05, 0) is 43.9 Å². The molecule has 0 aromatic heterocycles. The Balaban J connectivity index is 1.68. The van der Waals surface area contributed by atoms with E-state index in [2.05, 4.69) is 5.32 Å². The SMILES string of the molecule is NC(=O)C1CCN(C(=O)CNc2cc(C(F)(F)F)ccc2N2CCCC2)CC1. The van der Waals surface area contributed by atoms with Gasteiger partial charge < -0.3 is 20.9 Å². The van der Waals surface area contributed by atoms with Crippen molar-refractivity contribution in [2.45, 2.75) is 31.9 Å². The fourth-order valence-electron chi connectivity index (χ4n) is 3.78. The normalized spacial score (nSPS) is 18.4. The second-order valence-electron chi connectivity index (χ2n) is 7.33. The second-order valence-corrected chi connectivity index (χ2v) is 7.33. The zero-order valence-electron chi connectivity index (χ0n) is 15.6. The van der Waals surface area contributed by atoms with Crippen LogP contribution in [0.15, 0.2) is 18.2 Å². The minimum Gasteiger partial charge on any atom is -0.374 e. The highest BCUT2D eigenvalue weighted by molar-refractivity contribution is 5.83. The van der Waals surface area contributed by atoms with Crippen molar-refractivity contribution in [3.8, 4) is 0 Å². The van der Waals surface area contributed by atoms with E-state index >= 15 is 0 Å². The number of nitrogens with zero attached hydrogens (tertiary/aromatic N) is 2. The number of carbonyl (C=O) groups is 2. The van der Waals surface area contributed by atoms with Crippen LogP contribution in [0.2, 0.25) is 0 Å². The summed E-state index contributed by atoms with van der Waals surface area (Å²) in [6.45, 7) is 2.33. The first-order valence-electron chi connectivity index (χ1n) is 9.53. The Labute approximate surface area is 161 Å². The Morgan fingerprint density at radius 2 is 1.75 bits per heavy atom. The molecule has 6 nitrogen and oxygen atoms in total. The molecule has 2 aliphatic rings. The molecule has 0 aliphatic carbocycles. The van der Waals surface area contributed by atoms with Crippen LogP contribution in [-0.4, -0.2) is 49.4 Å². The maximum absolute atomic E-state index is 13.1. The van der Waals surface area contributed by atoms with E-state index in [4.69, 9.17) is 5.73 Å². The van der Waals surface area contributed by atoms with Gasteiger partial charge >= 0.3 is 6.18 Å². The third-order valence-corrected chi connectivity index (χ3v) is 5.45. The van der Waals surface area contributed by atoms with E-state index in [-0.39, 0.29) is 24.3 Å². The van der Waals surface area contributed by atoms with Gasteiger partial charge in [0, 0.05) is 32.1 Å². The van der Waals surface area contributed by atoms with E-state index in [0.717, 1.165) is 38.1 Å². The van der Waals surface area contributed by atoms with Crippen LogP contribution in [0.25, 0.3) is 0 Å². The zero-order valence-corrected chi connectivity index (χ0v) is 15.6. The monoisotopic (exact) mass is 398 g/mol. The predicted molar refractivity (Wildman–Crippen MR) is 99.9 cm³/mol. The predicted octanol–water partition coefficient (Wildman–Crippen LogP) is 2.44. The van der Waals surface area contributed by atoms with Gasteiger partial charge in [0.25, 0.3) is 0 Å². The van der Waals surface area contributed by atoms with Crippen molar-refractivity contribution in [2.24, 2.45) is 11.7 Å². The first kappa shape index (κ1) is 20.3. The highest BCUT2D eigenvalue weighted by Crippen LogP contribution is 2.36. The number of anilines is 2. The largest absolute Gasteiger partial charge is 0.416 e. The fourth-order valence-corrected chi connectivity index (χ4v) is 3.78. The Kier molecular flexibility index (Phi) is 6.00. The van der Waals surface area contributed by atoms with Crippen LogP contribution in [0.4, 0.5) is 24.5 Å². The highest BCUT2D eigenvalue weighted by Gasteiger charge is 2.32. The van der Waals surface area contributed by atoms with E-state index in [1.54, 1.807) is 4.90 Å². The molecule has 3 rings (SSSR count). The zero-order chi connectivity index (χ0) is 20.3. The fraction of sp³-hybridized carbons (Fsp3) is 0.579. The molecule has 28 heavy (non-hydrogen) atoms. The number of hydrogen-bond donors (Lipinski definition) is 2. The molecule has 0 saturated carbocycles. The van der Waals surface area contributed by atoms with Crippen LogP contribution in [-0.2, 0) is 15.8 Å². The van der Waals surface area contributed by atoms with Gasteiger partial charge in [-0.3, -0.25) is 9.59 Å². The Morgan fingerprint density at radius 3 is 2.32 bits per heavy atom. The molecule has 9 heteroatoms. The van der Waals surface area contributed by atoms with Gasteiger partial charge in [-0.25, -0.2) is 0 Å². The van der Waals surface area contributed by atoms with Gasteiger partial charge in [-0.15, -0.1) is 0 Å². The number of primary amides is 1. The molecule has 0 unspecified atom stereocenters. The molecule has 0 bridgehead atoms. The number of halogens is 3. The van der Waals surface area contributed by atoms with Gasteiger partial charge in [-0.1, -0.05) is 0 Å². The maximum atomic E-state index is 13.1. The summed E-state index contributed by atoms with van der Waals surface area (Å²) in [5.74, 6) is -0.778. The molecule has 0 atom stereocenters. The average molecular weight is 398 g/mol. The minimum absolute atomic E-state index is 0.0939. The quantitative estimate of drug-likeness (QED) is 0.799. The van der Waals surface area contributed by atoms with E-state index in [0.29, 0.717) is 37.3 Å². The lowest BCUT2D eigenvalue weighted by atomic mass is 9.96. The lowest BCUT2D eigenvalue weighted by Gasteiger charge is -2.31. The number of hydrogen-bond acceptors (Lipinski definition) is 4. The lowest BCUT2D eigenvalue weighted by Crippen LogP contribution is -2.43. The molecule has 2 aliphatic heterocycles. The summed E-state index contributed by atoms with van der Waals surface area (Å²) in [6, 6.07) is 3.62. The molecule has 1 aromatic carbocycles. The van der Waals surface area contributed by atoms with Crippen LogP contribution in [0.3, 0.4) is 0 Å². The van der Waals surface area contributed by atoms with Gasteiger partial charge in [-0.2, -0.15) is 13.2 Å². The summed E-state index contributed by atoms with van der Waals surface area (Å²) >= 11 is 0. The number of piperidine rings is 1. The van der Waals surface area contributed by atoms with Crippen LogP contribution >= 0.6 is 0 Å². The van der Waals surface area contributed by atoms with Crippen LogP contribution < -0.4 is 16.0 Å². The number of amides is 2. The van der Waals surface area contributed by atoms with E-state index < -0.39 is 11.7 Å². The molecule has 154 valence electrons. The topological polar surface area (TPSA) is 78.7 Å². The number of likely N-dealkylation sites (tertiary alicyclic amines) is 1. The molecular weight excluding hydrogens is 373 g/mol. The molecule has 0 radical (unpaired) electrons. The minimum atomic E-state index is -4.44. The number of rotatable bonds is 5. The summed E-state index contributed by atoms with van der Waals surface area (Å²) in [5, 5.41) is 2.91. The molecule has 0 spiro atoms. The Morgan fingerprint density at radius 1 is 1.11 bits per heavy atom. The van der Waals surface area contributed by atoms with Crippen molar-refractivity contribution in [3.63, 3.8) is 0 Å². The summed E-state index contributed by atoms with van der Waals surface area (Å²) in [5.41, 5.74) is 5.56. The molecule has 2 amide bonds. The van der Waals surface area contributed by atoms with Crippen molar-refractivity contribution >= 4 is 23.2 Å². The third-order valence-electron chi connectivity index (χ3n) is 5.45. The number of carbonyl (C=O) groups excluding carboxylic acids is 2. The van der Waals surface area contributed by atoms with Crippen molar-refractivity contribution in [3.05, 3.63) is 23.8 Å². The Bertz CT molecular complexity index is 724. The smallest absolute Gasteiger partial charge is 0.374 e. The number of alkyl halides is 3. The molecule has 2 saturated heterocycles. The summed E-state index contributed by atoms with van der Waals surface area (Å²) in [6.07, 6.45) is -1.42. The van der Waals surface area contributed by atoms with Crippen molar-refractivity contribution in [1.29, 1.82) is 0 Å². The summed E-state index contributed by atoms with van der Waals surface area (Å²) in [4.78, 5) is 27.4. The van der Waals surface area contributed by atoms with Crippen LogP contribution in [0.1, 0.15) is 31.2 Å². The molecule has 2 heterocycles. The Hall–Kier alpha value is -2.45. The van der Waals surface area contributed by atoms with Gasteiger partial charge in [0.2, 0.25) is 11.8 Å². The molecular formula is C19H25F3N4O2. The highest BCUT2D eigenvalue weighted by atomic mass is 19.4. The van der Waals surface area contributed by atoms with Crippen molar-refractivity contribution in [2.75, 3.05) is 42.9 Å². The van der Waals surface area contributed by atoms with E-state index in [9.17, 15) is 22.8 Å². The van der Waals surface area contributed by atoms with Crippen LogP contribution in [0, 0.1) is 5.92 Å². The van der Waals surface area contributed by atoms with Crippen molar-refractivity contribution < 1.29 is 22.8 Å². The van der Waals surface area contributed by atoms with E-state index in [1.807, 2.05) is 4.90 Å². The van der Waals surface area contributed by atoms with Gasteiger partial charge in [0.1, 0.15) is 0 Å². The van der Waals surface area contributed by atoms with Crippen molar-refractivity contribution in [1.82, 2.24) is 4.90 Å². The summed E-state index contributed by atoms with van der Waals surface area (Å²) in [7, 11) is 0. The van der Waals surface area contributed by atoms with Gasteiger partial charge in [0.05, 0.1) is 23.5 Å². The molecule has 2 fully saturated rings. The lowest BCUT2D eigenvalue weighted by molar-refractivity contribution is -0.137. The van der Waals surface area contributed by atoms with Gasteiger partial charge in [0.15, 0.2) is 0 Å². The van der Waals surface area contributed by atoms with E-state index in [1.165, 1.54) is 6.07 Å². The first-order valence-corrected chi connectivity index (χ1v) is 9.53. The maximum Gasteiger partial charge on any atom is 0.416 e. The first-order chi connectivity index (χ1) is 13.3. The number of nitrogens with one attached hydrogen (secondary N) is 1. The third kappa shape index (κ3) is 4.69. The number of benzene rings is 1. The molecule has 3 N–H and O–H groups in total. The number of nitrogens with two attached hydrogens (primary N) is 1. The molecule has 1 aromatic rings. The second kappa shape index (κ2) is 8.28.